The third-order valence-corrected chi connectivity index (χ3v) is 0.839. The number of cyclic esters (lactones) is 1. The van der Waals surface area contributed by atoms with Crippen molar-refractivity contribution in [3.05, 3.63) is 0 Å². The van der Waals surface area contributed by atoms with E-state index in [-0.39, 0.29) is 12.3 Å². The lowest BCUT2D eigenvalue weighted by Crippen LogP contribution is -2.19. The van der Waals surface area contributed by atoms with Gasteiger partial charge in [-0.2, -0.15) is 4.99 Å². The zero-order chi connectivity index (χ0) is 6.85. The molecular weight excluding hydrogens is 122 g/mol. The maximum atomic E-state index is 10.4. The molecule has 0 spiro atoms. The fraction of sp³-hybridized carbons (Fsp3) is 0.400. The van der Waals surface area contributed by atoms with Gasteiger partial charge in [-0.05, 0) is 0 Å². The van der Waals surface area contributed by atoms with Crippen LogP contribution in [0.1, 0.15) is 13.3 Å². The van der Waals surface area contributed by atoms with Gasteiger partial charge in [0.15, 0.2) is 5.90 Å². The van der Waals surface area contributed by atoms with Gasteiger partial charge in [-0.3, -0.25) is 9.59 Å². The Morgan fingerprint density at radius 1 is 1.56 bits per heavy atom. The molecule has 0 atom stereocenters. The lowest BCUT2D eigenvalue weighted by molar-refractivity contribution is -0.140. The van der Waals surface area contributed by atoms with Crippen LogP contribution in [-0.4, -0.2) is 17.8 Å². The van der Waals surface area contributed by atoms with Crippen LogP contribution in [0, 0.1) is 0 Å². The number of ether oxygens (including phenoxy) is 1. The van der Waals surface area contributed by atoms with Gasteiger partial charge in [0.1, 0.15) is 6.42 Å². The summed E-state index contributed by atoms with van der Waals surface area (Å²) in [5.74, 6) is -0.812. The van der Waals surface area contributed by atoms with E-state index in [1.807, 2.05) is 0 Å². The van der Waals surface area contributed by atoms with E-state index in [1.54, 1.807) is 0 Å². The number of amides is 1. The predicted octanol–water partition coefficient (Wildman–Crippen LogP) is -0.122. The molecule has 0 aliphatic carbocycles. The minimum atomic E-state index is -0.521. The van der Waals surface area contributed by atoms with E-state index in [0.717, 1.165) is 0 Å². The average Bonchev–Trinajstić information content (AvgIpc) is 1.59. The van der Waals surface area contributed by atoms with E-state index < -0.39 is 11.9 Å². The number of hydrogen-bond donors (Lipinski definition) is 0. The second kappa shape index (κ2) is 1.97. The van der Waals surface area contributed by atoms with Crippen LogP contribution in [0.3, 0.4) is 0 Å². The third kappa shape index (κ3) is 1.35. The second-order valence-corrected chi connectivity index (χ2v) is 1.68. The van der Waals surface area contributed by atoms with Crippen molar-refractivity contribution >= 4 is 17.8 Å². The van der Waals surface area contributed by atoms with E-state index in [1.165, 1.54) is 6.92 Å². The summed E-state index contributed by atoms with van der Waals surface area (Å²) in [5, 5.41) is 0. The van der Waals surface area contributed by atoms with Crippen molar-refractivity contribution in [2.45, 2.75) is 13.3 Å². The van der Waals surface area contributed by atoms with Gasteiger partial charge >= 0.3 is 5.97 Å². The standard InChI is InChI=1S/C5H5NO3/c1-3-6-4(7)2-5(8)9-3/h2H2,1H3. The van der Waals surface area contributed by atoms with Crippen molar-refractivity contribution in [2.75, 3.05) is 0 Å². The molecular formula is C5H5NO3. The number of nitrogens with zero attached hydrogens (tertiary/aromatic N) is 1. The molecule has 0 bridgehead atoms. The average molecular weight is 127 g/mol. The Bertz CT molecular complexity index is 194. The molecule has 1 aliphatic rings. The highest BCUT2D eigenvalue weighted by atomic mass is 16.5. The second-order valence-electron chi connectivity index (χ2n) is 1.68. The van der Waals surface area contributed by atoms with Gasteiger partial charge in [-0.15, -0.1) is 0 Å². The number of carbonyl (C=O) groups is 2. The molecule has 0 N–H and O–H groups in total. The summed E-state index contributed by atoms with van der Waals surface area (Å²) in [6, 6.07) is 0. The Labute approximate surface area is 51.5 Å². The van der Waals surface area contributed by atoms with Gasteiger partial charge in [-0.25, -0.2) is 0 Å². The van der Waals surface area contributed by atoms with E-state index in [2.05, 4.69) is 9.73 Å². The zero-order valence-corrected chi connectivity index (χ0v) is 4.88. The molecule has 0 radical (unpaired) electrons. The third-order valence-electron chi connectivity index (χ3n) is 0.839. The molecule has 0 aromatic rings. The molecule has 4 heteroatoms. The highest BCUT2D eigenvalue weighted by molar-refractivity contribution is 6.07. The molecule has 0 saturated heterocycles. The van der Waals surface area contributed by atoms with Crippen LogP contribution in [-0.2, 0) is 14.3 Å². The molecule has 0 fully saturated rings. The molecule has 1 heterocycles. The fourth-order valence-electron chi connectivity index (χ4n) is 0.562. The maximum Gasteiger partial charge on any atom is 0.321 e. The van der Waals surface area contributed by atoms with Gasteiger partial charge in [0.05, 0.1) is 0 Å². The largest absolute Gasteiger partial charge is 0.411 e. The van der Waals surface area contributed by atoms with Crippen molar-refractivity contribution in [1.82, 2.24) is 0 Å². The van der Waals surface area contributed by atoms with Crippen LogP contribution in [0.5, 0.6) is 0 Å². The normalized spacial score (nSPS) is 19.0. The number of aliphatic imine (C=N–C) groups is 1. The van der Waals surface area contributed by atoms with Gasteiger partial charge in [0, 0.05) is 6.92 Å². The monoisotopic (exact) mass is 127 g/mol. The summed E-state index contributed by atoms with van der Waals surface area (Å²) in [7, 11) is 0. The summed E-state index contributed by atoms with van der Waals surface area (Å²) >= 11 is 0. The topological polar surface area (TPSA) is 55.7 Å². The first-order valence-corrected chi connectivity index (χ1v) is 2.47. The van der Waals surface area contributed by atoms with E-state index in [4.69, 9.17) is 0 Å². The number of hydrogen-bond acceptors (Lipinski definition) is 3. The van der Waals surface area contributed by atoms with Crippen molar-refractivity contribution in [3.63, 3.8) is 0 Å². The number of carbonyl (C=O) groups excluding carboxylic acids is 2. The van der Waals surface area contributed by atoms with Crippen molar-refractivity contribution in [2.24, 2.45) is 4.99 Å². The molecule has 48 valence electrons. The van der Waals surface area contributed by atoms with Crippen molar-refractivity contribution in [1.29, 1.82) is 0 Å². The first-order chi connectivity index (χ1) is 4.18. The SMILES string of the molecule is CC1=NC(=O)CC(=O)O1. The highest BCUT2D eigenvalue weighted by Gasteiger charge is 2.16. The van der Waals surface area contributed by atoms with Crippen LogP contribution in [0.4, 0.5) is 0 Å². The number of rotatable bonds is 0. The van der Waals surface area contributed by atoms with Crippen LogP contribution in [0.15, 0.2) is 4.99 Å². The van der Waals surface area contributed by atoms with E-state index in [0.29, 0.717) is 0 Å². The van der Waals surface area contributed by atoms with Crippen LogP contribution >= 0.6 is 0 Å². The van der Waals surface area contributed by atoms with E-state index in [9.17, 15) is 9.59 Å². The fourth-order valence-corrected chi connectivity index (χ4v) is 0.562. The molecule has 0 aromatic carbocycles. The Morgan fingerprint density at radius 2 is 2.22 bits per heavy atom. The summed E-state index contributed by atoms with van der Waals surface area (Å²) in [6.07, 6.45) is -0.225. The van der Waals surface area contributed by atoms with Crippen LogP contribution < -0.4 is 0 Å². The molecule has 1 aliphatic heterocycles. The van der Waals surface area contributed by atoms with Crippen molar-refractivity contribution in [3.8, 4) is 0 Å². The number of esters is 1. The van der Waals surface area contributed by atoms with Crippen molar-refractivity contribution < 1.29 is 14.3 Å². The summed E-state index contributed by atoms with van der Waals surface area (Å²) in [4.78, 5) is 24.1. The Kier molecular flexibility index (Phi) is 1.30. The Hall–Kier alpha value is -1.19. The Balaban J connectivity index is 2.79. The smallest absolute Gasteiger partial charge is 0.321 e. The lowest BCUT2D eigenvalue weighted by Gasteiger charge is -2.05. The lowest BCUT2D eigenvalue weighted by atomic mass is 10.4. The summed E-state index contributed by atoms with van der Waals surface area (Å²) in [5.41, 5.74) is 0. The molecule has 1 amide bonds. The molecule has 4 nitrogen and oxygen atoms in total. The summed E-state index contributed by atoms with van der Waals surface area (Å²) in [6.45, 7) is 1.47. The minimum absolute atomic E-state index is 0.135. The van der Waals surface area contributed by atoms with Gasteiger partial charge < -0.3 is 4.74 Å². The van der Waals surface area contributed by atoms with Gasteiger partial charge in [0.25, 0.3) is 5.91 Å². The molecule has 1 rings (SSSR count). The molecule has 0 unspecified atom stereocenters. The molecule has 9 heavy (non-hydrogen) atoms. The minimum Gasteiger partial charge on any atom is -0.411 e. The van der Waals surface area contributed by atoms with Gasteiger partial charge in [-0.1, -0.05) is 0 Å². The first kappa shape index (κ1) is 5.94. The highest BCUT2D eigenvalue weighted by Crippen LogP contribution is 1.98. The maximum absolute atomic E-state index is 10.4. The molecule has 0 aromatic heterocycles. The van der Waals surface area contributed by atoms with Gasteiger partial charge in [0.2, 0.25) is 0 Å². The molecule has 0 saturated carbocycles. The summed E-state index contributed by atoms with van der Waals surface area (Å²) < 4.78 is 4.45. The quantitative estimate of drug-likeness (QED) is 0.336. The van der Waals surface area contributed by atoms with E-state index >= 15 is 0 Å². The zero-order valence-electron chi connectivity index (χ0n) is 4.88. The first-order valence-electron chi connectivity index (χ1n) is 2.47. The van der Waals surface area contributed by atoms with Crippen LogP contribution in [0.25, 0.3) is 0 Å². The predicted molar refractivity (Wildman–Crippen MR) is 28.8 cm³/mol. The van der Waals surface area contributed by atoms with Crippen LogP contribution in [0.2, 0.25) is 0 Å². The Morgan fingerprint density at radius 3 is 2.67 bits per heavy atom.